The summed E-state index contributed by atoms with van der Waals surface area (Å²) in [5.41, 5.74) is -0.175. The van der Waals surface area contributed by atoms with Crippen molar-refractivity contribution in [2.24, 2.45) is 11.8 Å². The van der Waals surface area contributed by atoms with Crippen LogP contribution in [0.1, 0.15) is 48.0 Å². The molecule has 0 saturated carbocycles. The molecule has 0 spiro atoms. The molecule has 24 heavy (non-hydrogen) atoms. The van der Waals surface area contributed by atoms with E-state index in [1.807, 2.05) is 27.7 Å². The normalized spacial score (nSPS) is 14.5. The van der Waals surface area contributed by atoms with E-state index in [0.717, 1.165) is 0 Å². The number of thioether (sulfide) groups is 1. The van der Waals surface area contributed by atoms with Crippen molar-refractivity contribution in [1.82, 2.24) is 5.32 Å². The van der Waals surface area contributed by atoms with Gasteiger partial charge in [-0.2, -0.15) is 20.2 Å². The van der Waals surface area contributed by atoms with Crippen LogP contribution >= 0.6 is 11.8 Å². The van der Waals surface area contributed by atoms with Crippen molar-refractivity contribution in [3.8, 4) is 0 Å². The molecule has 0 aliphatic heterocycles. The molecular weight excluding hydrogens is 350 g/mol. The minimum Gasteiger partial charge on any atom is -0.481 e. The van der Waals surface area contributed by atoms with Crippen molar-refractivity contribution in [3.05, 3.63) is 12.3 Å². The van der Waals surface area contributed by atoms with E-state index in [1.54, 1.807) is 25.6 Å². The van der Waals surface area contributed by atoms with E-state index in [9.17, 15) is 13.2 Å². The number of carbonyl (C=O) groups is 1. The highest BCUT2D eigenvalue weighted by molar-refractivity contribution is 8.00. The number of carboxylic acids is 1. The zero-order valence-electron chi connectivity index (χ0n) is 15.4. The third-order valence-corrected chi connectivity index (χ3v) is 6.12. The predicted molar refractivity (Wildman–Crippen MR) is 99.9 cm³/mol. The van der Waals surface area contributed by atoms with Gasteiger partial charge in [0.15, 0.2) is 0 Å². The van der Waals surface area contributed by atoms with Gasteiger partial charge in [0.2, 0.25) is 0 Å². The zero-order valence-corrected chi connectivity index (χ0v) is 17.1. The van der Waals surface area contributed by atoms with Crippen molar-refractivity contribution in [2.45, 2.75) is 58.2 Å². The van der Waals surface area contributed by atoms with E-state index in [2.05, 4.69) is 11.9 Å². The second-order valence-corrected chi connectivity index (χ2v) is 10.8. The summed E-state index contributed by atoms with van der Waals surface area (Å²) in [6.07, 6.45) is 0.0903. The largest absolute Gasteiger partial charge is 0.481 e. The van der Waals surface area contributed by atoms with Crippen molar-refractivity contribution >= 4 is 27.8 Å². The van der Waals surface area contributed by atoms with Gasteiger partial charge in [0.05, 0.1) is 12.2 Å². The summed E-state index contributed by atoms with van der Waals surface area (Å²) in [6.45, 7) is 15.6. The van der Waals surface area contributed by atoms with Gasteiger partial charge in [-0.3, -0.25) is 9.35 Å². The SMILES string of the molecule is C=C(NC(C)(C)CS(=O)(=O)O)C(C(C)C)C(C)(C)SCCC(=O)O. The number of rotatable bonds is 11. The quantitative estimate of drug-likeness (QED) is 0.473. The lowest BCUT2D eigenvalue weighted by molar-refractivity contribution is -0.136. The lowest BCUT2D eigenvalue weighted by Crippen LogP contribution is -2.48. The molecule has 0 heterocycles. The lowest BCUT2D eigenvalue weighted by Gasteiger charge is -2.41. The van der Waals surface area contributed by atoms with Gasteiger partial charge < -0.3 is 10.4 Å². The summed E-state index contributed by atoms with van der Waals surface area (Å²) in [7, 11) is -4.11. The molecule has 0 rings (SSSR count). The third-order valence-electron chi connectivity index (χ3n) is 3.62. The van der Waals surface area contributed by atoms with Crippen LogP contribution in [0.2, 0.25) is 0 Å². The van der Waals surface area contributed by atoms with E-state index in [4.69, 9.17) is 9.66 Å². The number of carboxylic acid groups (broad SMARTS) is 1. The Hall–Kier alpha value is -0.730. The van der Waals surface area contributed by atoms with Gasteiger partial charge in [0.25, 0.3) is 10.1 Å². The van der Waals surface area contributed by atoms with Crippen LogP contribution in [0.15, 0.2) is 12.3 Å². The first-order chi connectivity index (χ1) is 10.6. The van der Waals surface area contributed by atoms with E-state index in [1.165, 1.54) is 0 Å². The number of allylic oxidation sites excluding steroid dienone is 1. The molecule has 3 N–H and O–H groups in total. The smallest absolute Gasteiger partial charge is 0.304 e. The third kappa shape index (κ3) is 8.94. The van der Waals surface area contributed by atoms with Crippen LogP contribution in [-0.2, 0) is 14.9 Å². The van der Waals surface area contributed by atoms with E-state index >= 15 is 0 Å². The Balaban J connectivity index is 5.16. The summed E-state index contributed by atoms with van der Waals surface area (Å²) in [4.78, 5) is 10.7. The van der Waals surface area contributed by atoms with Crippen molar-refractivity contribution in [2.75, 3.05) is 11.5 Å². The molecule has 0 aromatic rings. The summed E-state index contributed by atoms with van der Waals surface area (Å²) < 4.78 is 31.1. The Morgan fingerprint density at radius 2 is 1.75 bits per heavy atom. The zero-order chi connectivity index (χ0) is 19.3. The van der Waals surface area contributed by atoms with Crippen molar-refractivity contribution in [1.29, 1.82) is 0 Å². The van der Waals surface area contributed by atoms with Gasteiger partial charge in [-0.15, -0.1) is 0 Å². The second kappa shape index (κ2) is 8.58. The van der Waals surface area contributed by atoms with Crippen LogP contribution in [0.3, 0.4) is 0 Å². The summed E-state index contributed by atoms with van der Waals surface area (Å²) in [5.74, 6) is -0.537. The Morgan fingerprint density at radius 1 is 1.25 bits per heavy atom. The first-order valence-electron chi connectivity index (χ1n) is 7.85. The molecule has 0 bridgehead atoms. The molecule has 1 unspecified atom stereocenters. The van der Waals surface area contributed by atoms with Crippen LogP contribution in [-0.4, -0.2) is 45.8 Å². The fraction of sp³-hybridized carbons (Fsp3) is 0.812. The maximum absolute atomic E-state index is 11.2. The molecule has 142 valence electrons. The minimum absolute atomic E-state index is 0.00281. The number of hydrogen-bond acceptors (Lipinski definition) is 5. The van der Waals surface area contributed by atoms with Gasteiger partial charge in [0.1, 0.15) is 0 Å². The summed E-state index contributed by atoms with van der Waals surface area (Å²) in [5, 5.41) is 11.9. The molecular formula is C16H31NO5S2. The highest BCUT2D eigenvalue weighted by Gasteiger charge is 2.37. The van der Waals surface area contributed by atoms with Crippen LogP contribution in [0.25, 0.3) is 0 Å². The fourth-order valence-corrected chi connectivity index (χ4v) is 5.50. The molecule has 8 heteroatoms. The summed E-state index contributed by atoms with van der Waals surface area (Å²) >= 11 is 1.56. The van der Waals surface area contributed by atoms with Crippen molar-refractivity contribution in [3.63, 3.8) is 0 Å². The first-order valence-corrected chi connectivity index (χ1v) is 10.4. The Morgan fingerprint density at radius 3 is 2.12 bits per heavy atom. The van der Waals surface area contributed by atoms with Crippen LogP contribution in [0, 0.1) is 11.8 Å². The highest BCUT2D eigenvalue weighted by Crippen LogP contribution is 2.40. The number of aliphatic carboxylic acids is 1. The molecule has 0 aliphatic rings. The maximum Gasteiger partial charge on any atom is 0.304 e. The molecule has 0 saturated heterocycles. The van der Waals surface area contributed by atoms with E-state index in [0.29, 0.717) is 11.4 Å². The minimum atomic E-state index is -4.11. The van der Waals surface area contributed by atoms with E-state index < -0.39 is 27.4 Å². The molecule has 0 fully saturated rings. The predicted octanol–water partition coefficient (Wildman–Crippen LogP) is 3.01. The topological polar surface area (TPSA) is 104 Å². The van der Waals surface area contributed by atoms with Gasteiger partial charge in [0, 0.05) is 27.7 Å². The van der Waals surface area contributed by atoms with Gasteiger partial charge in [-0.25, -0.2) is 0 Å². The highest BCUT2D eigenvalue weighted by atomic mass is 32.2. The first kappa shape index (κ1) is 23.3. The van der Waals surface area contributed by atoms with E-state index in [-0.39, 0.29) is 23.0 Å². The van der Waals surface area contributed by atoms with Crippen LogP contribution in [0.5, 0.6) is 0 Å². The Bertz CT molecular complexity index is 553. The monoisotopic (exact) mass is 381 g/mol. The van der Waals surface area contributed by atoms with Crippen LogP contribution in [0.4, 0.5) is 0 Å². The van der Waals surface area contributed by atoms with Gasteiger partial charge >= 0.3 is 5.97 Å². The average molecular weight is 382 g/mol. The summed E-state index contributed by atoms with van der Waals surface area (Å²) in [6, 6.07) is 0. The second-order valence-electron chi connectivity index (χ2n) is 7.58. The number of nitrogens with one attached hydrogen (secondary N) is 1. The average Bonchev–Trinajstić information content (AvgIpc) is 2.21. The van der Waals surface area contributed by atoms with Gasteiger partial charge in [-0.05, 0) is 19.8 Å². The standard InChI is InChI=1S/C16H31NO5S2/c1-11(2)14(16(6,7)23-9-8-13(18)19)12(3)17-15(4,5)10-24(20,21)22/h11,14,17H,3,8-10H2,1-2,4-7H3,(H,18,19)(H,20,21,22). The Labute approximate surface area is 150 Å². The van der Waals surface area contributed by atoms with Crippen LogP contribution < -0.4 is 5.32 Å². The Kier molecular flexibility index (Phi) is 8.32. The molecule has 1 atom stereocenters. The fourth-order valence-electron chi connectivity index (χ4n) is 3.12. The molecule has 0 amide bonds. The molecule has 0 aliphatic carbocycles. The number of hydrogen-bond donors (Lipinski definition) is 3. The maximum atomic E-state index is 11.2. The molecule has 0 aromatic carbocycles. The lowest BCUT2D eigenvalue weighted by atomic mass is 9.82. The molecule has 0 aromatic heterocycles. The van der Waals surface area contributed by atoms with Crippen molar-refractivity contribution < 1.29 is 22.9 Å². The molecule has 0 radical (unpaired) electrons. The molecule has 6 nitrogen and oxygen atoms in total. The van der Waals surface area contributed by atoms with Gasteiger partial charge in [-0.1, -0.05) is 34.3 Å².